The van der Waals surface area contributed by atoms with E-state index in [1.807, 2.05) is 0 Å². The van der Waals surface area contributed by atoms with E-state index in [1.54, 1.807) is 24.3 Å². The molecule has 5 nitrogen and oxygen atoms in total. The third kappa shape index (κ3) is 3.36. The molecule has 1 atom stereocenters. The molecule has 4 N–H and O–H groups in total. The molecule has 1 unspecified atom stereocenters. The number of amides is 2. The number of aliphatic hydroxyl groups is 1. The van der Waals surface area contributed by atoms with Crippen molar-refractivity contribution in [3.63, 3.8) is 0 Å². The smallest absolute Gasteiger partial charge is 0.250 e. The van der Waals surface area contributed by atoms with Gasteiger partial charge in [-0.25, -0.2) is 0 Å². The first-order valence-electron chi connectivity index (χ1n) is 4.81. The molecule has 0 saturated heterocycles. The van der Waals surface area contributed by atoms with E-state index in [2.05, 4.69) is 5.32 Å². The average Bonchev–Trinajstić information content (AvgIpc) is 2.26. The number of nitrogens with two attached hydrogens (primary N) is 1. The van der Waals surface area contributed by atoms with E-state index in [4.69, 9.17) is 5.73 Å². The van der Waals surface area contributed by atoms with Gasteiger partial charge < -0.3 is 16.2 Å². The van der Waals surface area contributed by atoms with Gasteiger partial charge in [0.15, 0.2) is 6.10 Å². The number of primary amides is 1. The lowest BCUT2D eigenvalue weighted by atomic mass is 10.1. The standard InChI is InChI=1S/C11H14N2O3/c1-7(14)13-6-8-2-4-9(5-3-8)10(15)11(12)16/h2-5,10,15H,6H2,1H3,(H2,12,16)(H,13,14). The minimum Gasteiger partial charge on any atom is -0.378 e. The Balaban J connectivity index is 2.67. The maximum Gasteiger partial charge on any atom is 0.250 e. The van der Waals surface area contributed by atoms with Gasteiger partial charge in [-0.05, 0) is 11.1 Å². The largest absolute Gasteiger partial charge is 0.378 e. The van der Waals surface area contributed by atoms with Crippen molar-refractivity contribution in [2.75, 3.05) is 0 Å². The van der Waals surface area contributed by atoms with E-state index in [-0.39, 0.29) is 5.91 Å². The Morgan fingerprint density at radius 1 is 1.38 bits per heavy atom. The van der Waals surface area contributed by atoms with Crippen molar-refractivity contribution in [2.24, 2.45) is 5.73 Å². The number of carbonyl (C=O) groups excluding carboxylic acids is 2. The topological polar surface area (TPSA) is 92.4 Å². The predicted molar refractivity (Wildman–Crippen MR) is 58.1 cm³/mol. The molecular formula is C11H14N2O3. The molecule has 1 aromatic carbocycles. The molecule has 0 bridgehead atoms. The van der Waals surface area contributed by atoms with Crippen molar-refractivity contribution in [1.82, 2.24) is 5.32 Å². The van der Waals surface area contributed by atoms with Crippen molar-refractivity contribution < 1.29 is 14.7 Å². The Bertz CT molecular complexity index is 387. The number of nitrogens with one attached hydrogen (secondary N) is 1. The molecule has 1 rings (SSSR count). The molecular weight excluding hydrogens is 208 g/mol. The monoisotopic (exact) mass is 222 g/mol. The molecule has 1 aromatic rings. The van der Waals surface area contributed by atoms with E-state index in [0.29, 0.717) is 12.1 Å². The highest BCUT2D eigenvalue weighted by Gasteiger charge is 2.12. The minimum absolute atomic E-state index is 0.110. The van der Waals surface area contributed by atoms with Crippen LogP contribution in [0.1, 0.15) is 24.2 Å². The van der Waals surface area contributed by atoms with Gasteiger partial charge >= 0.3 is 0 Å². The van der Waals surface area contributed by atoms with Crippen LogP contribution < -0.4 is 11.1 Å². The molecule has 16 heavy (non-hydrogen) atoms. The Hall–Kier alpha value is -1.88. The van der Waals surface area contributed by atoms with Crippen LogP contribution in [-0.4, -0.2) is 16.9 Å². The van der Waals surface area contributed by atoms with Gasteiger partial charge in [0, 0.05) is 13.5 Å². The summed E-state index contributed by atoms with van der Waals surface area (Å²) in [5.41, 5.74) is 6.29. The molecule has 0 spiro atoms. The van der Waals surface area contributed by atoms with Gasteiger partial charge in [0.25, 0.3) is 5.91 Å². The zero-order valence-corrected chi connectivity index (χ0v) is 8.93. The first-order chi connectivity index (χ1) is 7.50. The SMILES string of the molecule is CC(=O)NCc1ccc(C(O)C(N)=O)cc1. The summed E-state index contributed by atoms with van der Waals surface area (Å²) in [7, 11) is 0. The Kier molecular flexibility index (Phi) is 4.02. The number of rotatable bonds is 4. The van der Waals surface area contributed by atoms with E-state index in [9.17, 15) is 14.7 Å². The lowest BCUT2D eigenvalue weighted by Gasteiger charge is -2.08. The van der Waals surface area contributed by atoms with Gasteiger partial charge in [0.05, 0.1) is 0 Å². The van der Waals surface area contributed by atoms with Crippen LogP contribution in [0, 0.1) is 0 Å². The first-order valence-corrected chi connectivity index (χ1v) is 4.81. The van der Waals surface area contributed by atoms with Crippen molar-refractivity contribution >= 4 is 11.8 Å². The fourth-order valence-electron chi connectivity index (χ4n) is 1.21. The second-order valence-corrected chi connectivity index (χ2v) is 3.46. The molecule has 0 fully saturated rings. The minimum atomic E-state index is -1.28. The molecule has 0 saturated carbocycles. The molecule has 0 heterocycles. The van der Waals surface area contributed by atoms with E-state index >= 15 is 0 Å². The first kappa shape index (κ1) is 12.2. The summed E-state index contributed by atoms with van der Waals surface area (Å²) in [5.74, 6) is -0.893. The number of hydrogen-bond donors (Lipinski definition) is 3. The van der Waals surface area contributed by atoms with Crippen LogP contribution in [0.25, 0.3) is 0 Å². The molecule has 2 amide bonds. The fourth-order valence-corrected chi connectivity index (χ4v) is 1.21. The third-order valence-corrected chi connectivity index (χ3v) is 2.11. The van der Waals surface area contributed by atoms with Gasteiger partial charge in [-0.1, -0.05) is 24.3 Å². The summed E-state index contributed by atoms with van der Waals surface area (Å²) < 4.78 is 0. The van der Waals surface area contributed by atoms with Crippen LogP contribution in [0.15, 0.2) is 24.3 Å². The lowest BCUT2D eigenvalue weighted by molar-refractivity contribution is -0.126. The zero-order chi connectivity index (χ0) is 12.1. The third-order valence-electron chi connectivity index (χ3n) is 2.11. The van der Waals surface area contributed by atoms with Crippen molar-refractivity contribution in [1.29, 1.82) is 0 Å². The van der Waals surface area contributed by atoms with Crippen molar-refractivity contribution in [3.05, 3.63) is 35.4 Å². The number of aliphatic hydroxyl groups excluding tert-OH is 1. The van der Waals surface area contributed by atoms with Gasteiger partial charge in [-0.3, -0.25) is 9.59 Å². The quantitative estimate of drug-likeness (QED) is 0.661. The second kappa shape index (κ2) is 5.27. The van der Waals surface area contributed by atoms with Crippen LogP contribution >= 0.6 is 0 Å². The van der Waals surface area contributed by atoms with Crippen LogP contribution in [0.3, 0.4) is 0 Å². The molecule has 5 heteroatoms. The number of hydrogen-bond acceptors (Lipinski definition) is 3. The second-order valence-electron chi connectivity index (χ2n) is 3.46. The molecule has 0 aliphatic carbocycles. The molecule has 86 valence electrons. The molecule has 0 aromatic heterocycles. The summed E-state index contributed by atoms with van der Waals surface area (Å²) in [6.45, 7) is 1.85. The summed E-state index contributed by atoms with van der Waals surface area (Å²) in [6.07, 6.45) is -1.28. The van der Waals surface area contributed by atoms with Crippen LogP contribution in [0.2, 0.25) is 0 Å². The van der Waals surface area contributed by atoms with E-state index in [1.165, 1.54) is 6.92 Å². The maximum absolute atomic E-state index is 10.7. The van der Waals surface area contributed by atoms with Gasteiger partial charge in [-0.2, -0.15) is 0 Å². The van der Waals surface area contributed by atoms with Crippen LogP contribution in [0.5, 0.6) is 0 Å². The molecule has 0 radical (unpaired) electrons. The summed E-state index contributed by atoms with van der Waals surface area (Å²) in [5, 5.41) is 12.0. The van der Waals surface area contributed by atoms with Crippen LogP contribution in [-0.2, 0) is 16.1 Å². The summed E-state index contributed by atoms with van der Waals surface area (Å²) >= 11 is 0. The normalized spacial score (nSPS) is 11.9. The molecule has 0 aliphatic rings. The summed E-state index contributed by atoms with van der Waals surface area (Å²) in [4.78, 5) is 21.4. The van der Waals surface area contributed by atoms with Gasteiger partial charge in [0.2, 0.25) is 5.91 Å². The van der Waals surface area contributed by atoms with Crippen molar-refractivity contribution in [3.8, 4) is 0 Å². The summed E-state index contributed by atoms with van der Waals surface area (Å²) in [6, 6.07) is 6.65. The van der Waals surface area contributed by atoms with Crippen molar-refractivity contribution in [2.45, 2.75) is 19.6 Å². The maximum atomic E-state index is 10.7. The highest BCUT2D eigenvalue weighted by atomic mass is 16.3. The lowest BCUT2D eigenvalue weighted by Crippen LogP contribution is -2.21. The number of carbonyl (C=O) groups is 2. The average molecular weight is 222 g/mol. The van der Waals surface area contributed by atoms with Crippen LogP contribution in [0.4, 0.5) is 0 Å². The van der Waals surface area contributed by atoms with Gasteiger partial charge in [-0.15, -0.1) is 0 Å². The van der Waals surface area contributed by atoms with E-state index in [0.717, 1.165) is 5.56 Å². The number of benzene rings is 1. The van der Waals surface area contributed by atoms with Gasteiger partial charge in [0.1, 0.15) is 0 Å². The Labute approximate surface area is 93.3 Å². The highest BCUT2D eigenvalue weighted by molar-refractivity contribution is 5.80. The molecule has 0 aliphatic heterocycles. The fraction of sp³-hybridized carbons (Fsp3) is 0.273. The zero-order valence-electron chi connectivity index (χ0n) is 8.93. The Morgan fingerprint density at radius 2 is 1.94 bits per heavy atom. The predicted octanol–water partition coefficient (Wildman–Crippen LogP) is -0.159. The highest BCUT2D eigenvalue weighted by Crippen LogP contribution is 2.13. The van der Waals surface area contributed by atoms with E-state index < -0.39 is 12.0 Å². The Morgan fingerprint density at radius 3 is 2.38 bits per heavy atom.